The molecule has 220 valence electrons. The van der Waals surface area contributed by atoms with Crippen molar-refractivity contribution in [1.29, 1.82) is 0 Å². The molecule has 2 saturated heterocycles. The van der Waals surface area contributed by atoms with Gasteiger partial charge in [-0.15, -0.1) is 0 Å². The molecule has 1 aromatic carbocycles. The van der Waals surface area contributed by atoms with E-state index in [2.05, 4.69) is 58.0 Å². The molecule has 0 N–H and O–H groups in total. The van der Waals surface area contributed by atoms with Gasteiger partial charge >= 0.3 is 5.97 Å². The molecule has 4 aliphatic carbocycles. The molecule has 0 bridgehead atoms. The maximum absolute atomic E-state index is 11.7. The van der Waals surface area contributed by atoms with Crippen LogP contribution in [0.5, 0.6) is 0 Å². The highest BCUT2D eigenvalue weighted by atomic mass is 16.7. The van der Waals surface area contributed by atoms with Crippen LogP contribution in [0.15, 0.2) is 30.3 Å². The van der Waals surface area contributed by atoms with E-state index in [1.54, 1.807) is 6.92 Å². The summed E-state index contributed by atoms with van der Waals surface area (Å²) < 4.78 is 19.9. The zero-order valence-electron chi connectivity index (χ0n) is 25.6. The lowest BCUT2D eigenvalue weighted by atomic mass is 9.44. The molecule has 4 nitrogen and oxygen atoms in total. The van der Waals surface area contributed by atoms with Crippen molar-refractivity contribution in [2.75, 3.05) is 6.61 Å². The molecule has 2 heterocycles. The minimum absolute atomic E-state index is 0.109. The smallest absolute Gasteiger partial charge is 0.302 e. The summed E-state index contributed by atoms with van der Waals surface area (Å²) in [6, 6.07) is 11.0. The van der Waals surface area contributed by atoms with E-state index in [-0.39, 0.29) is 12.1 Å². The lowest BCUT2D eigenvalue weighted by molar-refractivity contribution is -0.301. The Morgan fingerprint density at radius 2 is 1.73 bits per heavy atom. The van der Waals surface area contributed by atoms with Crippen LogP contribution in [0.4, 0.5) is 0 Å². The number of carbonyl (C=O) groups is 1. The summed E-state index contributed by atoms with van der Waals surface area (Å²) in [5.41, 5.74) is 2.15. The fourth-order valence-corrected chi connectivity index (χ4v) is 12.1. The molecular weight excluding hydrogens is 496 g/mol. The van der Waals surface area contributed by atoms with Gasteiger partial charge < -0.3 is 14.2 Å². The molecule has 1 aromatic rings. The van der Waals surface area contributed by atoms with E-state index in [1.807, 2.05) is 0 Å². The average molecular weight is 549 g/mol. The van der Waals surface area contributed by atoms with E-state index in [4.69, 9.17) is 14.2 Å². The molecule has 0 unspecified atom stereocenters. The molecule has 6 aliphatic rings. The first kappa shape index (κ1) is 27.4. The molecular formula is C36H52O4. The van der Waals surface area contributed by atoms with E-state index in [9.17, 15) is 4.79 Å². The summed E-state index contributed by atoms with van der Waals surface area (Å²) in [6.07, 6.45) is 12.6. The van der Waals surface area contributed by atoms with Crippen molar-refractivity contribution in [2.45, 2.75) is 117 Å². The minimum atomic E-state index is -0.429. The third kappa shape index (κ3) is 4.08. The molecule has 2 aliphatic heterocycles. The van der Waals surface area contributed by atoms with Crippen LogP contribution in [-0.4, -0.2) is 30.6 Å². The Labute approximate surface area is 242 Å². The highest BCUT2D eigenvalue weighted by Gasteiger charge is 2.70. The van der Waals surface area contributed by atoms with Gasteiger partial charge in [-0.1, -0.05) is 58.0 Å². The summed E-state index contributed by atoms with van der Waals surface area (Å²) >= 11 is 0. The summed E-state index contributed by atoms with van der Waals surface area (Å²) in [5, 5.41) is 0. The van der Waals surface area contributed by atoms with Crippen molar-refractivity contribution >= 4 is 5.97 Å². The zero-order chi connectivity index (χ0) is 27.9. The molecule has 6 fully saturated rings. The zero-order valence-corrected chi connectivity index (χ0v) is 25.6. The van der Waals surface area contributed by atoms with Crippen LogP contribution in [0.1, 0.15) is 98.0 Å². The van der Waals surface area contributed by atoms with Gasteiger partial charge in [-0.05, 0) is 116 Å². The largest absolute Gasteiger partial charge is 0.463 e. The van der Waals surface area contributed by atoms with Gasteiger partial charge in [0.25, 0.3) is 0 Å². The summed E-state index contributed by atoms with van der Waals surface area (Å²) in [5.74, 6) is 4.57. The van der Waals surface area contributed by atoms with Crippen LogP contribution in [0, 0.1) is 58.2 Å². The van der Waals surface area contributed by atoms with Crippen LogP contribution < -0.4 is 0 Å². The normalized spacial score (nSPS) is 51.4. The van der Waals surface area contributed by atoms with Crippen molar-refractivity contribution in [3.05, 3.63) is 35.9 Å². The average Bonchev–Trinajstić information content (AvgIpc) is 3.37. The van der Waals surface area contributed by atoms with E-state index in [0.717, 1.165) is 43.6 Å². The quantitative estimate of drug-likeness (QED) is 0.361. The Bertz CT molecular complexity index is 1100. The highest BCUT2D eigenvalue weighted by Crippen LogP contribution is 2.71. The van der Waals surface area contributed by atoms with Gasteiger partial charge in [0.05, 0.1) is 12.7 Å². The molecule has 0 aromatic heterocycles. The molecule has 4 saturated carbocycles. The molecule has 0 amide bonds. The Morgan fingerprint density at radius 3 is 2.50 bits per heavy atom. The van der Waals surface area contributed by atoms with Crippen LogP contribution in [-0.2, 0) is 25.4 Å². The predicted octanol–water partition coefficient (Wildman–Crippen LogP) is 7.83. The number of rotatable bonds is 3. The lowest BCUT2D eigenvalue weighted by Crippen LogP contribution is -2.56. The number of benzene rings is 1. The Balaban J connectivity index is 1.12. The van der Waals surface area contributed by atoms with Crippen LogP contribution in [0.2, 0.25) is 0 Å². The number of hydrogen-bond donors (Lipinski definition) is 0. The van der Waals surface area contributed by atoms with Crippen molar-refractivity contribution < 1.29 is 19.0 Å². The molecule has 1 spiro atoms. The third-order valence-corrected chi connectivity index (χ3v) is 13.7. The predicted molar refractivity (Wildman–Crippen MR) is 156 cm³/mol. The van der Waals surface area contributed by atoms with Gasteiger partial charge in [-0.2, -0.15) is 0 Å². The number of ether oxygens (including phenoxy) is 3. The summed E-state index contributed by atoms with van der Waals surface area (Å²) in [6.45, 7) is 12.5. The van der Waals surface area contributed by atoms with Crippen molar-refractivity contribution in [2.24, 2.45) is 58.2 Å². The number of esters is 1. The van der Waals surface area contributed by atoms with Gasteiger partial charge in [-0.25, -0.2) is 0 Å². The monoisotopic (exact) mass is 548 g/mol. The first-order valence-electron chi connectivity index (χ1n) is 16.7. The molecule has 7 rings (SSSR count). The van der Waals surface area contributed by atoms with Gasteiger partial charge in [0.15, 0.2) is 5.79 Å². The van der Waals surface area contributed by atoms with Crippen molar-refractivity contribution in [1.82, 2.24) is 0 Å². The first-order valence-corrected chi connectivity index (χ1v) is 16.7. The van der Waals surface area contributed by atoms with Crippen molar-refractivity contribution in [3.63, 3.8) is 0 Å². The minimum Gasteiger partial charge on any atom is -0.463 e. The van der Waals surface area contributed by atoms with E-state index < -0.39 is 5.79 Å². The fraction of sp³-hybridized carbons (Fsp3) is 0.806. The number of carbonyl (C=O) groups excluding carboxylic acids is 1. The summed E-state index contributed by atoms with van der Waals surface area (Å²) in [4.78, 5) is 11.7. The maximum Gasteiger partial charge on any atom is 0.302 e. The van der Waals surface area contributed by atoms with Gasteiger partial charge in [0.2, 0.25) is 0 Å². The Kier molecular flexibility index (Phi) is 6.74. The van der Waals surface area contributed by atoms with E-state index in [1.165, 1.54) is 50.5 Å². The Hall–Kier alpha value is -1.39. The molecule has 13 atom stereocenters. The second kappa shape index (κ2) is 9.83. The van der Waals surface area contributed by atoms with E-state index >= 15 is 0 Å². The Morgan fingerprint density at radius 1 is 0.950 bits per heavy atom. The third-order valence-electron chi connectivity index (χ3n) is 13.7. The lowest BCUT2D eigenvalue weighted by Gasteiger charge is -2.61. The topological polar surface area (TPSA) is 44.8 Å². The fourth-order valence-electron chi connectivity index (χ4n) is 12.1. The number of fused-ring (bicyclic) bond motifs is 7. The second-order valence-corrected chi connectivity index (χ2v) is 15.7. The standard InChI is InChI=1S/C36H52O4/c1-22-17-27(18-25-9-7-6-8-10-25)36(38-21-22)23(2)33-32(40-36)20-31-29-12-11-26-19-28(39-24(3)37)13-15-34(26,4)30(29)14-16-35(31,33)5/h6-10,22-23,26-33H,11-21H2,1-5H3/t22-,23+,26+,27-,28+,29-,30+,31+,32+,33+,34+,35+,36+/m1/s1. The van der Waals surface area contributed by atoms with Gasteiger partial charge in [-0.3, -0.25) is 4.79 Å². The van der Waals surface area contributed by atoms with Crippen LogP contribution >= 0.6 is 0 Å². The first-order chi connectivity index (χ1) is 19.1. The number of hydrogen-bond acceptors (Lipinski definition) is 4. The SMILES string of the molecule is CC(=O)O[C@H]1CC[C@@]2(C)[C@@H](CC[C@@H]3[C@@H]2CC[C@]2(C)[C@@H]4[C@H](C[C@@H]32)O[C@@]2(OC[C@H](C)C[C@@H]2Cc2ccccc2)[C@H]4C)C1. The summed E-state index contributed by atoms with van der Waals surface area (Å²) in [7, 11) is 0. The van der Waals surface area contributed by atoms with Gasteiger partial charge in [0, 0.05) is 18.8 Å². The van der Waals surface area contributed by atoms with Crippen LogP contribution in [0.25, 0.3) is 0 Å². The van der Waals surface area contributed by atoms with Gasteiger partial charge in [0.1, 0.15) is 6.10 Å². The maximum atomic E-state index is 11.7. The molecule has 40 heavy (non-hydrogen) atoms. The molecule has 0 radical (unpaired) electrons. The van der Waals surface area contributed by atoms with Crippen LogP contribution in [0.3, 0.4) is 0 Å². The van der Waals surface area contributed by atoms with Crippen molar-refractivity contribution in [3.8, 4) is 0 Å². The highest BCUT2D eigenvalue weighted by molar-refractivity contribution is 5.66. The molecule has 4 heteroatoms. The second-order valence-electron chi connectivity index (χ2n) is 15.7. The van der Waals surface area contributed by atoms with E-state index in [0.29, 0.717) is 46.5 Å².